The first-order chi connectivity index (χ1) is 12.3. The van der Waals surface area contributed by atoms with Crippen LogP contribution in [-0.2, 0) is 9.53 Å². The molecule has 7 nitrogen and oxygen atoms in total. The molecule has 136 valence electrons. The predicted octanol–water partition coefficient (Wildman–Crippen LogP) is 4.04. The first-order valence-electron chi connectivity index (χ1n) is 7.39. The lowest BCUT2D eigenvalue weighted by molar-refractivity contribution is -0.385. The van der Waals surface area contributed by atoms with E-state index in [0.29, 0.717) is 5.56 Å². The zero-order valence-electron chi connectivity index (χ0n) is 13.6. The normalized spacial score (nSPS) is 11.5. The highest BCUT2D eigenvalue weighted by Gasteiger charge is 2.25. The fraction of sp³-hybridized carbons (Fsp3) is 0.176. The number of hydrogen-bond acceptors (Lipinski definition) is 5. The molecule has 2 aromatic carbocycles. The van der Waals surface area contributed by atoms with Crippen molar-refractivity contribution in [2.45, 2.75) is 12.5 Å². The highest BCUT2D eigenvalue weighted by Crippen LogP contribution is 2.26. The molecule has 9 heteroatoms. The minimum Gasteiger partial charge on any atom is -0.469 e. The zero-order valence-corrected chi connectivity index (χ0v) is 15.9. The summed E-state index contributed by atoms with van der Waals surface area (Å²) < 4.78 is 5.43. The van der Waals surface area contributed by atoms with Gasteiger partial charge in [-0.1, -0.05) is 39.7 Å². The Hall–Kier alpha value is -2.45. The lowest BCUT2D eigenvalue weighted by Gasteiger charge is -2.18. The molecule has 2 rings (SSSR count). The molecule has 0 fully saturated rings. The second-order valence-corrected chi connectivity index (χ2v) is 6.63. The Kier molecular flexibility index (Phi) is 6.70. The smallest absolute Gasteiger partial charge is 0.307 e. The predicted molar refractivity (Wildman–Crippen MR) is 99.1 cm³/mol. The SMILES string of the molecule is COC(=O)CC(NC(=O)c1ccc(Cl)cc1[N+](=O)[O-])c1cccc(Br)c1. The Morgan fingerprint density at radius 1 is 1.31 bits per heavy atom. The molecule has 0 heterocycles. The van der Waals surface area contributed by atoms with Crippen LogP contribution in [0.25, 0.3) is 0 Å². The lowest BCUT2D eigenvalue weighted by Crippen LogP contribution is -2.31. The Morgan fingerprint density at radius 2 is 2.04 bits per heavy atom. The van der Waals surface area contributed by atoms with Gasteiger partial charge in [0.1, 0.15) is 5.56 Å². The number of hydrogen-bond donors (Lipinski definition) is 1. The maximum absolute atomic E-state index is 12.6. The fourth-order valence-corrected chi connectivity index (χ4v) is 2.89. The van der Waals surface area contributed by atoms with E-state index < -0.39 is 28.5 Å². The average Bonchev–Trinajstić information content (AvgIpc) is 2.60. The molecule has 26 heavy (non-hydrogen) atoms. The van der Waals surface area contributed by atoms with E-state index in [1.165, 1.54) is 19.2 Å². The average molecular weight is 442 g/mol. The third-order valence-corrected chi connectivity index (χ3v) is 4.28. The lowest BCUT2D eigenvalue weighted by atomic mass is 10.0. The van der Waals surface area contributed by atoms with Crippen molar-refractivity contribution in [3.05, 3.63) is 73.2 Å². The molecular weight excluding hydrogens is 428 g/mol. The summed E-state index contributed by atoms with van der Waals surface area (Å²) >= 11 is 9.10. The minimum atomic E-state index is -0.720. The van der Waals surface area contributed by atoms with E-state index in [4.69, 9.17) is 11.6 Å². The molecule has 0 saturated carbocycles. The number of nitrogens with zero attached hydrogens (tertiary/aromatic N) is 1. The van der Waals surface area contributed by atoms with Gasteiger partial charge < -0.3 is 10.1 Å². The molecule has 0 aliphatic carbocycles. The second-order valence-electron chi connectivity index (χ2n) is 5.28. The van der Waals surface area contributed by atoms with Gasteiger partial charge in [-0.05, 0) is 29.8 Å². The van der Waals surface area contributed by atoms with E-state index in [1.54, 1.807) is 24.3 Å². The molecule has 0 saturated heterocycles. The number of ether oxygens (including phenoxy) is 1. The van der Waals surface area contributed by atoms with E-state index in [0.717, 1.165) is 10.5 Å². The summed E-state index contributed by atoms with van der Waals surface area (Å²) in [5, 5.41) is 14.0. The van der Waals surface area contributed by atoms with Gasteiger partial charge in [0.05, 0.1) is 24.5 Å². The molecule has 0 aliphatic heterocycles. The van der Waals surface area contributed by atoms with Crippen LogP contribution in [0.15, 0.2) is 46.9 Å². The van der Waals surface area contributed by atoms with Crippen molar-refractivity contribution in [2.24, 2.45) is 0 Å². The highest BCUT2D eigenvalue weighted by atomic mass is 79.9. The van der Waals surface area contributed by atoms with Gasteiger partial charge in [0.15, 0.2) is 0 Å². The number of halogens is 2. The van der Waals surface area contributed by atoms with Gasteiger partial charge in [0, 0.05) is 15.6 Å². The summed E-state index contributed by atoms with van der Waals surface area (Å²) in [5.41, 5.74) is 0.0834. The summed E-state index contributed by atoms with van der Waals surface area (Å²) in [5.74, 6) is -1.22. The molecular formula is C17H14BrClN2O5. The standard InChI is InChI=1S/C17H14BrClN2O5/c1-26-16(22)9-14(10-3-2-4-11(18)7-10)20-17(23)13-6-5-12(19)8-15(13)21(24)25/h2-8,14H,9H2,1H3,(H,20,23). The van der Waals surface area contributed by atoms with Crippen LogP contribution in [0, 0.1) is 10.1 Å². The number of amides is 1. The Labute approximate surface area is 162 Å². The van der Waals surface area contributed by atoms with Gasteiger partial charge in [-0.25, -0.2) is 0 Å². The van der Waals surface area contributed by atoms with E-state index in [1.807, 2.05) is 0 Å². The van der Waals surface area contributed by atoms with Crippen molar-refractivity contribution >= 4 is 45.1 Å². The van der Waals surface area contributed by atoms with Crippen LogP contribution in [0.5, 0.6) is 0 Å². The number of methoxy groups -OCH3 is 1. The van der Waals surface area contributed by atoms with Crippen molar-refractivity contribution in [1.29, 1.82) is 0 Å². The van der Waals surface area contributed by atoms with Crippen LogP contribution in [0.4, 0.5) is 5.69 Å². The summed E-state index contributed by atoms with van der Waals surface area (Å²) in [6, 6.07) is 10.1. The van der Waals surface area contributed by atoms with Crippen molar-refractivity contribution in [3.63, 3.8) is 0 Å². The van der Waals surface area contributed by atoms with E-state index >= 15 is 0 Å². The molecule has 1 N–H and O–H groups in total. The molecule has 0 spiro atoms. The van der Waals surface area contributed by atoms with Gasteiger partial charge >= 0.3 is 5.97 Å². The van der Waals surface area contributed by atoms with Gasteiger partial charge in [0.25, 0.3) is 11.6 Å². The van der Waals surface area contributed by atoms with E-state index in [2.05, 4.69) is 26.0 Å². The molecule has 0 aliphatic rings. The van der Waals surface area contributed by atoms with E-state index in [-0.39, 0.29) is 17.0 Å². The number of carbonyl (C=O) groups excluding carboxylic acids is 2. The van der Waals surface area contributed by atoms with Crippen LogP contribution >= 0.6 is 27.5 Å². The third-order valence-electron chi connectivity index (χ3n) is 3.56. The maximum Gasteiger partial charge on any atom is 0.307 e. The summed E-state index contributed by atoms with van der Waals surface area (Å²) in [4.78, 5) is 34.8. The highest BCUT2D eigenvalue weighted by molar-refractivity contribution is 9.10. The molecule has 1 atom stereocenters. The Bertz CT molecular complexity index is 859. The first kappa shape index (κ1) is 19.9. The number of carbonyl (C=O) groups is 2. The molecule has 0 radical (unpaired) electrons. The third kappa shape index (κ3) is 5.03. The summed E-state index contributed by atoms with van der Waals surface area (Å²) in [6.07, 6.45) is -0.125. The van der Waals surface area contributed by atoms with E-state index in [9.17, 15) is 19.7 Å². The maximum atomic E-state index is 12.6. The quantitative estimate of drug-likeness (QED) is 0.414. The van der Waals surface area contributed by atoms with Crippen molar-refractivity contribution in [3.8, 4) is 0 Å². The van der Waals surface area contributed by atoms with Crippen LogP contribution in [-0.4, -0.2) is 23.9 Å². The van der Waals surface area contributed by atoms with Gasteiger partial charge in [-0.2, -0.15) is 0 Å². The minimum absolute atomic E-state index is 0.125. The topological polar surface area (TPSA) is 98.5 Å². The van der Waals surface area contributed by atoms with Crippen molar-refractivity contribution in [2.75, 3.05) is 7.11 Å². The number of nitro benzene ring substituents is 1. The van der Waals surface area contributed by atoms with Crippen LogP contribution in [0.1, 0.15) is 28.4 Å². The molecule has 1 unspecified atom stereocenters. The number of benzene rings is 2. The molecule has 0 bridgehead atoms. The Morgan fingerprint density at radius 3 is 2.65 bits per heavy atom. The fourth-order valence-electron chi connectivity index (χ4n) is 2.31. The number of nitrogens with one attached hydrogen (secondary N) is 1. The molecule has 0 aromatic heterocycles. The summed E-state index contributed by atoms with van der Waals surface area (Å²) in [7, 11) is 1.24. The van der Waals surface area contributed by atoms with Crippen LogP contribution < -0.4 is 5.32 Å². The summed E-state index contributed by atoms with van der Waals surface area (Å²) in [6.45, 7) is 0. The zero-order chi connectivity index (χ0) is 19.3. The second kappa shape index (κ2) is 8.77. The monoisotopic (exact) mass is 440 g/mol. The molecule has 2 aromatic rings. The van der Waals surface area contributed by atoms with Crippen LogP contribution in [0.3, 0.4) is 0 Å². The van der Waals surface area contributed by atoms with Crippen molar-refractivity contribution in [1.82, 2.24) is 5.32 Å². The number of nitro groups is 1. The number of esters is 1. The van der Waals surface area contributed by atoms with Gasteiger partial charge in [-0.3, -0.25) is 19.7 Å². The van der Waals surface area contributed by atoms with Crippen LogP contribution in [0.2, 0.25) is 5.02 Å². The Balaban J connectivity index is 2.35. The van der Waals surface area contributed by atoms with Gasteiger partial charge in [-0.15, -0.1) is 0 Å². The largest absolute Gasteiger partial charge is 0.469 e. The molecule has 1 amide bonds. The number of rotatable bonds is 6. The van der Waals surface area contributed by atoms with Gasteiger partial charge in [0.2, 0.25) is 0 Å². The first-order valence-corrected chi connectivity index (χ1v) is 8.56. The van der Waals surface area contributed by atoms with Crippen molar-refractivity contribution < 1.29 is 19.2 Å².